The summed E-state index contributed by atoms with van der Waals surface area (Å²) in [4.78, 5) is 26.2. The van der Waals surface area contributed by atoms with Crippen molar-refractivity contribution in [3.05, 3.63) is 16.1 Å². The van der Waals surface area contributed by atoms with E-state index in [1.165, 1.54) is 6.92 Å². The molecule has 1 N–H and O–H groups in total. The van der Waals surface area contributed by atoms with Crippen molar-refractivity contribution in [2.24, 2.45) is 0 Å². The van der Waals surface area contributed by atoms with E-state index in [0.29, 0.717) is 11.3 Å². The third kappa shape index (κ3) is 3.42. The lowest BCUT2D eigenvalue weighted by molar-refractivity contribution is -0.138. The number of amides is 1. The van der Waals surface area contributed by atoms with Gasteiger partial charge in [0.2, 0.25) is 0 Å². The first-order chi connectivity index (χ1) is 8.25. The summed E-state index contributed by atoms with van der Waals surface area (Å²) >= 11 is 0.301. The molecule has 0 bridgehead atoms. The lowest BCUT2D eigenvalue weighted by atomic mass is 10.4. The van der Waals surface area contributed by atoms with Crippen molar-refractivity contribution < 1.29 is 27.9 Å². The van der Waals surface area contributed by atoms with Crippen LogP contribution in [0.3, 0.4) is 0 Å². The van der Waals surface area contributed by atoms with E-state index in [-0.39, 0.29) is 6.54 Å². The minimum Gasteiger partial charge on any atom is -0.480 e. The second kappa shape index (κ2) is 5.34. The summed E-state index contributed by atoms with van der Waals surface area (Å²) in [7, 11) is 0. The lowest BCUT2D eigenvalue weighted by Gasteiger charge is -2.16. The molecule has 0 aromatic carbocycles. The first-order valence-electron chi connectivity index (χ1n) is 4.79. The molecule has 1 rings (SSSR count). The highest BCUT2D eigenvalue weighted by molar-refractivity contribution is 7.09. The summed E-state index contributed by atoms with van der Waals surface area (Å²) in [5.74, 6) is -2.07. The fourth-order valence-corrected chi connectivity index (χ4v) is 1.82. The highest BCUT2D eigenvalue weighted by atomic mass is 32.1. The van der Waals surface area contributed by atoms with Crippen molar-refractivity contribution in [3.8, 4) is 0 Å². The summed E-state index contributed by atoms with van der Waals surface area (Å²) in [6.07, 6.45) is -4.60. The molecule has 0 spiro atoms. The third-order valence-electron chi connectivity index (χ3n) is 1.96. The van der Waals surface area contributed by atoms with Crippen LogP contribution in [0.25, 0.3) is 0 Å². The van der Waals surface area contributed by atoms with Gasteiger partial charge < -0.3 is 10.0 Å². The van der Waals surface area contributed by atoms with Gasteiger partial charge in [-0.3, -0.25) is 9.59 Å². The average molecular weight is 282 g/mol. The highest BCUT2D eigenvalue weighted by Gasteiger charge is 2.35. The molecule has 9 heteroatoms. The highest BCUT2D eigenvalue weighted by Crippen LogP contribution is 2.31. The number of carbonyl (C=O) groups excluding carboxylic acids is 1. The standard InChI is InChI=1S/C9H9F3N2O3S/c1-2-14(3-6(15)16)7(17)5-4-18-8(13-5)9(10,11)12/h4H,2-3H2,1H3,(H,15,16). The largest absolute Gasteiger partial charge is 0.480 e. The van der Waals surface area contributed by atoms with Gasteiger partial charge in [-0.2, -0.15) is 13.2 Å². The first-order valence-corrected chi connectivity index (χ1v) is 5.67. The van der Waals surface area contributed by atoms with E-state index in [4.69, 9.17) is 5.11 Å². The number of thiazole rings is 1. The number of aromatic nitrogens is 1. The van der Waals surface area contributed by atoms with Crippen LogP contribution in [0, 0.1) is 0 Å². The number of likely N-dealkylation sites (N-methyl/N-ethyl adjacent to an activating group) is 1. The molecular formula is C9H9F3N2O3S. The Morgan fingerprint density at radius 1 is 1.50 bits per heavy atom. The molecular weight excluding hydrogens is 273 g/mol. The van der Waals surface area contributed by atoms with E-state index in [1.807, 2.05) is 0 Å². The van der Waals surface area contributed by atoms with Crippen molar-refractivity contribution in [1.29, 1.82) is 0 Å². The average Bonchev–Trinajstić information content (AvgIpc) is 2.73. The minimum absolute atomic E-state index is 0.0734. The Balaban J connectivity index is 2.89. The van der Waals surface area contributed by atoms with E-state index in [1.54, 1.807) is 0 Å². The second-order valence-electron chi connectivity index (χ2n) is 3.25. The van der Waals surface area contributed by atoms with Crippen LogP contribution in [0.4, 0.5) is 13.2 Å². The number of hydrogen-bond donors (Lipinski definition) is 1. The third-order valence-corrected chi connectivity index (χ3v) is 2.85. The Labute approximate surface area is 104 Å². The van der Waals surface area contributed by atoms with E-state index in [0.717, 1.165) is 10.3 Å². The number of halogens is 3. The zero-order chi connectivity index (χ0) is 13.9. The quantitative estimate of drug-likeness (QED) is 0.912. The molecule has 0 atom stereocenters. The minimum atomic E-state index is -4.60. The van der Waals surface area contributed by atoms with Crippen molar-refractivity contribution in [1.82, 2.24) is 9.88 Å². The molecule has 0 saturated carbocycles. The maximum absolute atomic E-state index is 12.3. The topological polar surface area (TPSA) is 70.5 Å². The van der Waals surface area contributed by atoms with Gasteiger partial charge >= 0.3 is 12.1 Å². The zero-order valence-corrected chi connectivity index (χ0v) is 10.0. The number of carboxylic acid groups (broad SMARTS) is 1. The summed E-state index contributed by atoms with van der Waals surface area (Å²) in [5.41, 5.74) is -0.393. The Morgan fingerprint density at radius 2 is 2.11 bits per heavy atom. The molecule has 0 aliphatic carbocycles. The van der Waals surface area contributed by atoms with E-state index < -0.39 is 35.3 Å². The van der Waals surface area contributed by atoms with Gasteiger partial charge in [0.05, 0.1) is 0 Å². The number of carbonyl (C=O) groups is 2. The summed E-state index contributed by atoms with van der Waals surface area (Å²) in [6.45, 7) is 1.02. The monoisotopic (exact) mass is 282 g/mol. The number of nitrogens with zero attached hydrogens (tertiary/aromatic N) is 2. The van der Waals surface area contributed by atoms with Gasteiger partial charge in [0, 0.05) is 11.9 Å². The molecule has 5 nitrogen and oxygen atoms in total. The fraction of sp³-hybridized carbons (Fsp3) is 0.444. The van der Waals surface area contributed by atoms with Crippen LogP contribution >= 0.6 is 11.3 Å². The van der Waals surface area contributed by atoms with Crippen LogP contribution in [0.2, 0.25) is 0 Å². The predicted molar refractivity (Wildman–Crippen MR) is 56.3 cm³/mol. The van der Waals surface area contributed by atoms with Gasteiger partial charge in [0.1, 0.15) is 12.2 Å². The van der Waals surface area contributed by atoms with Crippen LogP contribution in [0.1, 0.15) is 22.4 Å². The molecule has 0 aliphatic heterocycles. The maximum Gasteiger partial charge on any atom is 0.443 e. The SMILES string of the molecule is CCN(CC(=O)O)C(=O)c1csc(C(F)(F)F)n1. The molecule has 0 saturated heterocycles. The molecule has 1 aromatic heterocycles. The van der Waals surface area contributed by atoms with Gasteiger partial charge in [0.25, 0.3) is 5.91 Å². The van der Waals surface area contributed by atoms with E-state index in [9.17, 15) is 22.8 Å². The van der Waals surface area contributed by atoms with Crippen LogP contribution in [-0.2, 0) is 11.0 Å². The van der Waals surface area contributed by atoms with Crippen LogP contribution in [0.15, 0.2) is 5.38 Å². The van der Waals surface area contributed by atoms with Crippen LogP contribution in [-0.4, -0.2) is 40.0 Å². The normalized spacial score (nSPS) is 11.3. The van der Waals surface area contributed by atoms with Crippen molar-refractivity contribution in [2.45, 2.75) is 13.1 Å². The van der Waals surface area contributed by atoms with Gasteiger partial charge in [-0.25, -0.2) is 4.98 Å². The molecule has 0 fully saturated rings. The number of hydrogen-bond acceptors (Lipinski definition) is 4. The second-order valence-corrected chi connectivity index (χ2v) is 4.11. The van der Waals surface area contributed by atoms with Crippen molar-refractivity contribution >= 4 is 23.2 Å². The number of carboxylic acids is 1. The maximum atomic E-state index is 12.3. The molecule has 1 aromatic rings. The number of aliphatic carboxylic acids is 1. The fourth-order valence-electron chi connectivity index (χ4n) is 1.15. The van der Waals surface area contributed by atoms with Gasteiger partial charge in [-0.15, -0.1) is 11.3 Å². The van der Waals surface area contributed by atoms with Crippen LogP contribution in [0.5, 0.6) is 0 Å². The zero-order valence-electron chi connectivity index (χ0n) is 9.19. The van der Waals surface area contributed by atoms with Crippen molar-refractivity contribution in [2.75, 3.05) is 13.1 Å². The predicted octanol–water partition coefficient (Wildman–Crippen LogP) is 1.71. The Kier molecular flexibility index (Phi) is 4.28. The summed E-state index contributed by atoms with van der Waals surface area (Å²) < 4.78 is 36.9. The molecule has 1 amide bonds. The Bertz CT molecular complexity index is 458. The van der Waals surface area contributed by atoms with Gasteiger partial charge in [-0.1, -0.05) is 0 Å². The molecule has 0 radical (unpaired) electrons. The summed E-state index contributed by atoms with van der Waals surface area (Å²) in [5, 5.41) is 8.39. The van der Waals surface area contributed by atoms with E-state index in [2.05, 4.69) is 4.98 Å². The Morgan fingerprint density at radius 3 is 2.50 bits per heavy atom. The van der Waals surface area contributed by atoms with Crippen LogP contribution < -0.4 is 0 Å². The number of rotatable bonds is 4. The van der Waals surface area contributed by atoms with E-state index >= 15 is 0 Å². The molecule has 18 heavy (non-hydrogen) atoms. The summed E-state index contributed by atoms with van der Waals surface area (Å²) in [6, 6.07) is 0. The first kappa shape index (κ1) is 14.4. The molecule has 100 valence electrons. The van der Waals surface area contributed by atoms with Gasteiger partial charge in [0.15, 0.2) is 5.01 Å². The molecule has 0 unspecified atom stereocenters. The Hall–Kier alpha value is -1.64. The molecule has 0 aliphatic rings. The number of alkyl halides is 3. The molecule has 1 heterocycles. The van der Waals surface area contributed by atoms with Gasteiger partial charge in [-0.05, 0) is 6.92 Å². The smallest absolute Gasteiger partial charge is 0.443 e. The van der Waals surface area contributed by atoms with Crippen molar-refractivity contribution in [3.63, 3.8) is 0 Å². The lowest BCUT2D eigenvalue weighted by Crippen LogP contribution is -2.35.